The van der Waals surface area contributed by atoms with Crippen molar-refractivity contribution >= 4 is 0 Å². The van der Waals surface area contributed by atoms with Crippen molar-refractivity contribution in [1.29, 1.82) is 0 Å². The second-order valence-electron chi connectivity index (χ2n) is 5.73. The van der Waals surface area contributed by atoms with Crippen LogP contribution in [0.5, 0.6) is 11.5 Å². The summed E-state index contributed by atoms with van der Waals surface area (Å²) in [4.78, 5) is 0. The van der Waals surface area contributed by atoms with Gasteiger partial charge in [0, 0.05) is 5.54 Å². The average molecular weight is 267 g/mol. The Bertz CT molecular complexity index is 476. The lowest BCUT2D eigenvalue weighted by Gasteiger charge is -2.41. The molecule has 0 radical (unpaired) electrons. The lowest BCUT2D eigenvalue weighted by Crippen LogP contribution is -2.44. The number of halogens is 1. The highest BCUT2D eigenvalue weighted by atomic mass is 19.1. The van der Waals surface area contributed by atoms with Crippen LogP contribution in [0.1, 0.15) is 44.2 Å². The van der Waals surface area contributed by atoms with E-state index in [9.17, 15) is 4.39 Å². The summed E-state index contributed by atoms with van der Waals surface area (Å²) < 4.78 is 25.0. The molecule has 0 unspecified atom stereocenters. The predicted molar refractivity (Wildman–Crippen MR) is 73.4 cm³/mol. The van der Waals surface area contributed by atoms with Crippen LogP contribution < -0.4 is 15.2 Å². The first kappa shape index (κ1) is 14.1. The average Bonchev–Trinajstić information content (AvgIpc) is 2.33. The Hall–Kier alpha value is -1.29. The number of alkyl halides is 1. The van der Waals surface area contributed by atoms with Gasteiger partial charge in [-0.05, 0) is 56.4 Å². The van der Waals surface area contributed by atoms with Crippen LogP contribution in [0.3, 0.4) is 0 Å². The van der Waals surface area contributed by atoms with Gasteiger partial charge in [0.2, 0.25) is 0 Å². The maximum atomic E-state index is 14.5. The number of methoxy groups -OCH3 is 2. The van der Waals surface area contributed by atoms with Gasteiger partial charge in [0.05, 0.1) is 14.2 Å². The molecule has 0 bridgehead atoms. The van der Waals surface area contributed by atoms with Gasteiger partial charge in [-0.25, -0.2) is 4.39 Å². The quantitative estimate of drug-likeness (QED) is 0.910. The minimum atomic E-state index is -1.46. The molecular weight excluding hydrogens is 245 g/mol. The van der Waals surface area contributed by atoms with Crippen molar-refractivity contribution in [2.75, 3.05) is 14.2 Å². The summed E-state index contributed by atoms with van der Waals surface area (Å²) in [5.74, 6) is 1.14. The summed E-state index contributed by atoms with van der Waals surface area (Å²) in [6, 6.07) is 3.54. The van der Waals surface area contributed by atoms with Gasteiger partial charge in [-0.2, -0.15) is 0 Å². The van der Waals surface area contributed by atoms with Crippen LogP contribution in [0.25, 0.3) is 0 Å². The van der Waals surface area contributed by atoms with E-state index >= 15 is 0 Å². The van der Waals surface area contributed by atoms with Gasteiger partial charge in [-0.15, -0.1) is 0 Å². The summed E-state index contributed by atoms with van der Waals surface area (Å²) in [5.41, 5.74) is 5.91. The van der Waals surface area contributed by atoms with Gasteiger partial charge in [0.25, 0.3) is 0 Å². The second kappa shape index (κ2) is 4.67. The van der Waals surface area contributed by atoms with Crippen molar-refractivity contribution in [2.45, 2.75) is 44.3 Å². The standard InChI is InChI=1S/C15H22FNO2/c1-14(2,16)10-8-12(18-3)13(19-4)9-11(10)15(17)6-5-7-15/h8-9H,5-7,17H2,1-4H3. The third-order valence-electron chi connectivity index (χ3n) is 3.95. The van der Waals surface area contributed by atoms with E-state index in [1.54, 1.807) is 34.1 Å². The lowest BCUT2D eigenvalue weighted by atomic mass is 9.69. The van der Waals surface area contributed by atoms with E-state index in [0.29, 0.717) is 17.1 Å². The minimum Gasteiger partial charge on any atom is -0.493 e. The zero-order valence-corrected chi connectivity index (χ0v) is 12.0. The molecule has 2 N–H and O–H groups in total. The maximum Gasteiger partial charge on any atom is 0.161 e. The highest BCUT2D eigenvalue weighted by Gasteiger charge is 2.40. The molecule has 0 heterocycles. The number of hydrogen-bond acceptors (Lipinski definition) is 3. The van der Waals surface area contributed by atoms with Gasteiger partial charge < -0.3 is 15.2 Å². The van der Waals surface area contributed by atoms with Crippen LogP contribution in [0.2, 0.25) is 0 Å². The van der Waals surface area contributed by atoms with E-state index in [1.165, 1.54) is 0 Å². The SMILES string of the molecule is COc1cc(C(C)(C)F)c(C2(N)CCC2)cc1OC. The van der Waals surface area contributed by atoms with Crippen molar-refractivity contribution < 1.29 is 13.9 Å². The molecule has 0 spiro atoms. The van der Waals surface area contributed by atoms with Crippen molar-refractivity contribution in [3.8, 4) is 11.5 Å². The number of benzene rings is 1. The van der Waals surface area contributed by atoms with Crippen molar-refractivity contribution in [3.63, 3.8) is 0 Å². The second-order valence-corrected chi connectivity index (χ2v) is 5.73. The van der Waals surface area contributed by atoms with Gasteiger partial charge in [-0.1, -0.05) is 0 Å². The van der Waals surface area contributed by atoms with Crippen LogP contribution in [0, 0.1) is 0 Å². The molecular formula is C15H22FNO2. The highest BCUT2D eigenvalue weighted by Crippen LogP contribution is 2.47. The predicted octanol–water partition coefficient (Wildman–Crippen LogP) is 3.25. The van der Waals surface area contributed by atoms with Gasteiger partial charge >= 0.3 is 0 Å². The number of rotatable bonds is 4. The fraction of sp³-hybridized carbons (Fsp3) is 0.600. The molecule has 1 aromatic carbocycles. The van der Waals surface area contributed by atoms with Crippen molar-refractivity contribution in [1.82, 2.24) is 0 Å². The minimum absolute atomic E-state index is 0.432. The molecule has 4 heteroatoms. The molecule has 1 fully saturated rings. The first-order valence-electron chi connectivity index (χ1n) is 6.56. The molecule has 3 nitrogen and oxygen atoms in total. The molecule has 1 aromatic rings. The van der Waals surface area contributed by atoms with Gasteiger partial charge in [-0.3, -0.25) is 0 Å². The van der Waals surface area contributed by atoms with Crippen LogP contribution in [-0.4, -0.2) is 14.2 Å². The summed E-state index contributed by atoms with van der Waals surface area (Å²) in [5, 5.41) is 0. The summed E-state index contributed by atoms with van der Waals surface area (Å²) in [6.07, 6.45) is 2.84. The molecule has 1 aliphatic rings. The number of nitrogens with two attached hydrogens (primary N) is 1. The van der Waals surface area contributed by atoms with E-state index in [2.05, 4.69) is 0 Å². The zero-order chi connectivity index (χ0) is 14.3. The number of hydrogen-bond donors (Lipinski definition) is 1. The molecule has 1 saturated carbocycles. The summed E-state index contributed by atoms with van der Waals surface area (Å²) in [6.45, 7) is 3.08. The summed E-state index contributed by atoms with van der Waals surface area (Å²) in [7, 11) is 3.12. The molecule has 106 valence electrons. The molecule has 1 aliphatic carbocycles. The Kier molecular flexibility index (Phi) is 3.47. The molecule has 0 atom stereocenters. The van der Waals surface area contributed by atoms with Gasteiger partial charge in [0.15, 0.2) is 11.5 Å². The first-order chi connectivity index (χ1) is 8.81. The molecule has 0 aliphatic heterocycles. The smallest absolute Gasteiger partial charge is 0.161 e. The Labute approximate surface area is 113 Å². The number of ether oxygens (including phenoxy) is 2. The summed E-state index contributed by atoms with van der Waals surface area (Å²) >= 11 is 0. The molecule has 19 heavy (non-hydrogen) atoms. The van der Waals surface area contributed by atoms with E-state index in [-0.39, 0.29) is 0 Å². The molecule has 2 rings (SSSR count). The van der Waals surface area contributed by atoms with E-state index in [1.807, 2.05) is 6.07 Å². The van der Waals surface area contributed by atoms with E-state index in [4.69, 9.17) is 15.2 Å². The monoisotopic (exact) mass is 267 g/mol. The van der Waals surface area contributed by atoms with Crippen molar-refractivity contribution in [2.24, 2.45) is 5.73 Å². The molecule has 0 saturated heterocycles. The fourth-order valence-electron chi connectivity index (χ4n) is 2.61. The molecule has 0 aromatic heterocycles. The van der Waals surface area contributed by atoms with Gasteiger partial charge in [0.1, 0.15) is 5.67 Å². The van der Waals surface area contributed by atoms with Crippen LogP contribution in [-0.2, 0) is 11.2 Å². The van der Waals surface area contributed by atoms with Crippen LogP contribution >= 0.6 is 0 Å². The van der Waals surface area contributed by atoms with Crippen LogP contribution in [0.4, 0.5) is 4.39 Å². The van der Waals surface area contributed by atoms with E-state index in [0.717, 1.165) is 24.8 Å². The van der Waals surface area contributed by atoms with E-state index < -0.39 is 11.2 Å². The third-order valence-corrected chi connectivity index (χ3v) is 3.95. The Balaban J connectivity index is 2.62. The Morgan fingerprint density at radius 3 is 2.05 bits per heavy atom. The topological polar surface area (TPSA) is 44.5 Å². The van der Waals surface area contributed by atoms with Crippen molar-refractivity contribution in [3.05, 3.63) is 23.3 Å². The Morgan fingerprint density at radius 2 is 1.68 bits per heavy atom. The third kappa shape index (κ3) is 2.41. The maximum absolute atomic E-state index is 14.5. The highest BCUT2D eigenvalue weighted by molar-refractivity contribution is 5.52. The first-order valence-corrected chi connectivity index (χ1v) is 6.56. The zero-order valence-electron chi connectivity index (χ0n) is 12.0. The lowest BCUT2D eigenvalue weighted by molar-refractivity contribution is 0.199. The fourth-order valence-corrected chi connectivity index (χ4v) is 2.61. The van der Waals surface area contributed by atoms with Crippen LogP contribution in [0.15, 0.2) is 12.1 Å². The largest absolute Gasteiger partial charge is 0.493 e. The normalized spacial score (nSPS) is 17.8. The molecule has 0 amide bonds. The Morgan fingerprint density at radius 1 is 1.16 bits per heavy atom.